The molecule has 1 amide bonds. The molecule has 3 heteroatoms. The Morgan fingerprint density at radius 1 is 1.18 bits per heavy atom. The Bertz CT molecular complexity index is 342. The van der Waals surface area contributed by atoms with E-state index in [2.05, 4.69) is 13.8 Å². The SMILES string of the molecule is CCCC(CCC)(OC(N)=O)c1ccccc1. The van der Waals surface area contributed by atoms with Crippen LogP contribution in [0.15, 0.2) is 30.3 Å². The Morgan fingerprint density at radius 3 is 2.12 bits per heavy atom. The first-order chi connectivity index (χ1) is 8.14. The van der Waals surface area contributed by atoms with Gasteiger partial charge in [0.05, 0.1) is 0 Å². The third kappa shape index (κ3) is 3.48. The van der Waals surface area contributed by atoms with Gasteiger partial charge in [-0.25, -0.2) is 4.79 Å². The van der Waals surface area contributed by atoms with E-state index in [1.54, 1.807) is 0 Å². The lowest BCUT2D eigenvalue weighted by Crippen LogP contribution is -2.34. The van der Waals surface area contributed by atoms with Gasteiger partial charge in [-0.3, -0.25) is 0 Å². The molecule has 0 radical (unpaired) electrons. The maximum Gasteiger partial charge on any atom is 0.405 e. The third-order valence-corrected chi connectivity index (χ3v) is 2.90. The van der Waals surface area contributed by atoms with Gasteiger partial charge in [0.25, 0.3) is 0 Å². The Balaban J connectivity index is 3.09. The molecular formula is C14H21NO2. The standard InChI is InChI=1S/C14H21NO2/c1-3-10-14(11-4-2,17-13(15)16)12-8-6-5-7-9-12/h5-9H,3-4,10-11H2,1-2H3,(H2,15,16). The first-order valence-electron chi connectivity index (χ1n) is 6.18. The summed E-state index contributed by atoms with van der Waals surface area (Å²) in [5.74, 6) is 0. The van der Waals surface area contributed by atoms with Gasteiger partial charge < -0.3 is 10.5 Å². The van der Waals surface area contributed by atoms with Crippen LogP contribution < -0.4 is 5.73 Å². The molecule has 3 nitrogen and oxygen atoms in total. The summed E-state index contributed by atoms with van der Waals surface area (Å²) in [5, 5.41) is 0. The summed E-state index contributed by atoms with van der Waals surface area (Å²) >= 11 is 0. The average molecular weight is 235 g/mol. The topological polar surface area (TPSA) is 52.3 Å². The summed E-state index contributed by atoms with van der Waals surface area (Å²) in [5.41, 5.74) is 5.69. The Kier molecular flexibility index (Phi) is 5.01. The van der Waals surface area contributed by atoms with E-state index in [4.69, 9.17) is 10.5 Å². The zero-order valence-corrected chi connectivity index (χ0v) is 10.6. The van der Waals surface area contributed by atoms with Crippen molar-refractivity contribution in [3.8, 4) is 0 Å². The smallest absolute Gasteiger partial charge is 0.405 e. The number of carbonyl (C=O) groups excluding carboxylic acids is 1. The fourth-order valence-corrected chi connectivity index (χ4v) is 2.32. The highest BCUT2D eigenvalue weighted by molar-refractivity contribution is 5.65. The second kappa shape index (κ2) is 6.28. The van der Waals surface area contributed by atoms with Crippen LogP contribution in [-0.2, 0) is 10.3 Å². The summed E-state index contributed by atoms with van der Waals surface area (Å²) in [4.78, 5) is 11.1. The minimum atomic E-state index is -0.698. The van der Waals surface area contributed by atoms with Crippen molar-refractivity contribution < 1.29 is 9.53 Å². The minimum Gasteiger partial charge on any atom is -0.438 e. The Morgan fingerprint density at radius 2 is 1.71 bits per heavy atom. The van der Waals surface area contributed by atoms with Gasteiger partial charge in [-0.2, -0.15) is 0 Å². The van der Waals surface area contributed by atoms with Crippen LogP contribution in [-0.4, -0.2) is 6.09 Å². The largest absolute Gasteiger partial charge is 0.438 e. The van der Waals surface area contributed by atoms with Crippen molar-refractivity contribution in [3.63, 3.8) is 0 Å². The Labute approximate surface area is 103 Å². The molecule has 0 aliphatic carbocycles. The van der Waals surface area contributed by atoms with Gasteiger partial charge in [-0.1, -0.05) is 57.0 Å². The molecule has 1 rings (SSSR count). The summed E-state index contributed by atoms with van der Waals surface area (Å²) < 4.78 is 5.44. The molecule has 1 aromatic rings. The van der Waals surface area contributed by atoms with Crippen molar-refractivity contribution in [2.75, 3.05) is 0 Å². The molecule has 94 valence electrons. The average Bonchev–Trinajstić information content (AvgIpc) is 2.30. The molecule has 0 aliphatic heterocycles. The molecule has 0 aromatic heterocycles. The van der Waals surface area contributed by atoms with Crippen LogP contribution in [0.5, 0.6) is 0 Å². The van der Waals surface area contributed by atoms with Gasteiger partial charge in [0.1, 0.15) is 5.60 Å². The van der Waals surface area contributed by atoms with E-state index in [1.165, 1.54) is 0 Å². The normalized spacial score (nSPS) is 11.2. The molecular weight excluding hydrogens is 214 g/mol. The molecule has 0 saturated heterocycles. The highest BCUT2D eigenvalue weighted by Crippen LogP contribution is 2.35. The van der Waals surface area contributed by atoms with E-state index in [1.807, 2.05) is 30.3 Å². The second-order valence-corrected chi connectivity index (χ2v) is 4.28. The van der Waals surface area contributed by atoms with Crippen molar-refractivity contribution >= 4 is 6.09 Å². The molecule has 0 aliphatic rings. The van der Waals surface area contributed by atoms with Gasteiger partial charge in [-0.05, 0) is 18.4 Å². The van der Waals surface area contributed by atoms with Crippen LogP contribution in [0, 0.1) is 0 Å². The number of ether oxygens (including phenoxy) is 1. The quantitative estimate of drug-likeness (QED) is 0.819. The Hall–Kier alpha value is -1.51. The predicted molar refractivity (Wildman–Crippen MR) is 68.6 cm³/mol. The van der Waals surface area contributed by atoms with Crippen LogP contribution >= 0.6 is 0 Å². The summed E-state index contributed by atoms with van der Waals surface area (Å²) in [6.07, 6.45) is 2.79. The summed E-state index contributed by atoms with van der Waals surface area (Å²) in [7, 11) is 0. The number of nitrogens with two attached hydrogens (primary N) is 1. The van der Waals surface area contributed by atoms with Crippen LogP contribution in [0.25, 0.3) is 0 Å². The molecule has 0 saturated carbocycles. The van der Waals surface area contributed by atoms with Crippen LogP contribution in [0.3, 0.4) is 0 Å². The molecule has 0 atom stereocenters. The molecule has 0 fully saturated rings. The molecule has 0 unspecified atom stereocenters. The van der Waals surface area contributed by atoms with E-state index < -0.39 is 11.7 Å². The van der Waals surface area contributed by atoms with Crippen molar-refractivity contribution in [1.29, 1.82) is 0 Å². The zero-order valence-electron chi connectivity index (χ0n) is 10.6. The number of hydrogen-bond donors (Lipinski definition) is 1. The minimum absolute atomic E-state index is 0.559. The lowest BCUT2D eigenvalue weighted by molar-refractivity contribution is -0.00261. The number of carbonyl (C=O) groups is 1. The number of rotatable bonds is 6. The molecule has 1 aromatic carbocycles. The summed E-state index contributed by atoms with van der Waals surface area (Å²) in [6, 6.07) is 9.86. The van der Waals surface area contributed by atoms with Gasteiger partial charge in [-0.15, -0.1) is 0 Å². The van der Waals surface area contributed by atoms with Crippen molar-refractivity contribution in [2.24, 2.45) is 5.73 Å². The van der Waals surface area contributed by atoms with Crippen LogP contribution in [0.2, 0.25) is 0 Å². The van der Waals surface area contributed by atoms with Gasteiger partial charge in [0.15, 0.2) is 0 Å². The predicted octanol–water partition coefficient (Wildman–Crippen LogP) is 3.58. The third-order valence-electron chi connectivity index (χ3n) is 2.90. The fourth-order valence-electron chi connectivity index (χ4n) is 2.32. The number of primary amides is 1. The van der Waals surface area contributed by atoms with Gasteiger partial charge in [0.2, 0.25) is 0 Å². The van der Waals surface area contributed by atoms with E-state index in [0.29, 0.717) is 0 Å². The zero-order chi connectivity index (χ0) is 12.7. The maximum absolute atomic E-state index is 11.1. The van der Waals surface area contributed by atoms with Crippen molar-refractivity contribution in [1.82, 2.24) is 0 Å². The molecule has 17 heavy (non-hydrogen) atoms. The molecule has 0 bridgehead atoms. The first-order valence-corrected chi connectivity index (χ1v) is 6.18. The van der Waals surface area contributed by atoms with Gasteiger partial charge in [0, 0.05) is 0 Å². The summed E-state index contributed by atoms with van der Waals surface area (Å²) in [6.45, 7) is 4.16. The fraction of sp³-hybridized carbons (Fsp3) is 0.500. The van der Waals surface area contributed by atoms with Crippen LogP contribution in [0.4, 0.5) is 4.79 Å². The maximum atomic E-state index is 11.1. The van der Waals surface area contributed by atoms with E-state index >= 15 is 0 Å². The van der Waals surface area contributed by atoms with Crippen LogP contribution in [0.1, 0.15) is 45.1 Å². The number of benzene rings is 1. The molecule has 0 spiro atoms. The van der Waals surface area contributed by atoms with E-state index in [9.17, 15) is 4.79 Å². The lowest BCUT2D eigenvalue weighted by atomic mass is 9.85. The number of amides is 1. The lowest BCUT2D eigenvalue weighted by Gasteiger charge is -2.33. The molecule has 0 heterocycles. The van der Waals surface area contributed by atoms with E-state index in [-0.39, 0.29) is 0 Å². The highest BCUT2D eigenvalue weighted by atomic mass is 16.6. The monoisotopic (exact) mass is 235 g/mol. The number of hydrogen-bond acceptors (Lipinski definition) is 2. The van der Waals surface area contributed by atoms with Gasteiger partial charge >= 0.3 is 6.09 Å². The molecule has 2 N–H and O–H groups in total. The van der Waals surface area contributed by atoms with Crippen molar-refractivity contribution in [2.45, 2.75) is 45.1 Å². The second-order valence-electron chi connectivity index (χ2n) is 4.28. The first kappa shape index (κ1) is 13.6. The van der Waals surface area contributed by atoms with E-state index in [0.717, 1.165) is 31.2 Å². The van der Waals surface area contributed by atoms with Crippen molar-refractivity contribution in [3.05, 3.63) is 35.9 Å². The highest BCUT2D eigenvalue weighted by Gasteiger charge is 2.33.